The predicted octanol–water partition coefficient (Wildman–Crippen LogP) is 2.36. The lowest BCUT2D eigenvalue weighted by Gasteiger charge is -2.67. The number of hydrogen-bond donors (Lipinski definition) is 0. The summed E-state index contributed by atoms with van der Waals surface area (Å²) in [4.78, 5) is 27.8. The average Bonchev–Trinajstić information content (AvgIpc) is 2.81. The number of Topliss-reactive ketones (excluding diaryl/α,β-unsaturated/α-hetero) is 2. The Labute approximate surface area is 188 Å². The Morgan fingerprint density at radius 1 is 0.875 bits per heavy atom. The second-order valence-electron chi connectivity index (χ2n) is 8.16. The van der Waals surface area contributed by atoms with Crippen LogP contribution in [0.4, 0.5) is 0 Å². The lowest BCUT2D eigenvalue weighted by atomic mass is 9.41. The normalized spacial score (nSPS) is 34.4. The zero-order valence-electron chi connectivity index (χ0n) is 19.6. The van der Waals surface area contributed by atoms with Gasteiger partial charge in [0.1, 0.15) is 0 Å². The molecule has 0 aromatic rings. The van der Waals surface area contributed by atoms with E-state index < -0.39 is 46.0 Å². The molecule has 32 heavy (non-hydrogen) atoms. The Morgan fingerprint density at radius 2 is 1.47 bits per heavy atom. The van der Waals surface area contributed by atoms with Crippen LogP contribution in [0.15, 0.2) is 48.8 Å². The maximum absolute atomic E-state index is 14.2. The highest BCUT2D eigenvalue weighted by Crippen LogP contribution is 2.69. The van der Waals surface area contributed by atoms with Crippen molar-refractivity contribution in [1.29, 1.82) is 0 Å². The minimum Gasteiger partial charge on any atom is -0.493 e. The van der Waals surface area contributed by atoms with Crippen LogP contribution in [0.25, 0.3) is 0 Å². The van der Waals surface area contributed by atoms with Crippen LogP contribution >= 0.6 is 0 Å². The lowest BCUT2D eigenvalue weighted by molar-refractivity contribution is -0.330. The molecule has 0 aliphatic heterocycles. The summed E-state index contributed by atoms with van der Waals surface area (Å²) in [5.74, 6) is -5.98. The number of fused-ring (bicyclic) bond motifs is 1. The maximum atomic E-state index is 14.2. The third-order valence-corrected chi connectivity index (χ3v) is 7.39. The first-order valence-electron chi connectivity index (χ1n) is 10.3. The highest BCUT2D eigenvalue weighted by Gasteiger charge is 2.82. The molecule has 4 atom stereocenters. The number of carbonyl (C=O) groups excluding carboxylic acids is 2. The number of allylic oxidation sites excluding steroid dienone is 2. The summed E-state index contributed by atoms with van der Waals surface area (Å²) in [6.07, 6.45) is 7.53. The molecule has 0 N–H and O–H groups in total. The molecule has 0 spiro atoms. The number of rotatable bonds is 10. The van der Waals surface area contributed by atoms with Gasteiger partial charge in [0.05, 0.1) is 13.0 Å². The zero-order valence-corrected chi connectivity index (χ0v) is 19.6. The smallest absolute Gasteiger partial charge is 0.256 e. The SMILES string of the molecule is C=CCC1=C[C@]2(OC)C(=O)C(OC)(OC)[C@@H]1[C@@H]1C(OC)(OC)C(=O)C(OC)=C[C@]12CC=C. The highest BCUT2D eigenvalue weighted by molar-refractivity contribution is 6.05. The van der Waals surface area contributed by atoms with Crippen molar-refractivity contribution in [2.24, 2.45) is 17.3 Å². The molecule has 0 aromatic heterocycles. The summed E-state index contributed by atoms with van der Waals surface area (Å²) in [5, 5.41) is 0. The first-order valence-corrected chi connectivity index (χ1v) is 10.3. The van der Waals surface area contributed by atoms with Gasteiger partial charge in [0, 0.05) is 46.9 Å². The van der Waals surface area contributed by atoms with E-state index in [1.165, 1.54) is 42.7 Å². The average molecular weight is 449 g/mol. The Bertz CT molecular complexity index is 878. The van der Waals surface area contributed by atoms with Crippen LogP contribution in [0.3, 0.4) is 0 Å². The fraction of sp³-hybridized carbons (Fsp3) is 0.583. The van der Waals surface area contributed by atoms with E-state index in [9.17, 15) is 9.59 Å². The third-order valence-electron chi connectivity index (χ3n) is 7.39. The standard InChI is InChI=1S/C24H32O8/c1-9-11-15-13-22(28-4)20(26)23(29-5,30-6)17(15)18-21(22,12-10-2)14-16(27-3)19(25)24(18,31-7)32-8/h9-10,13-14,17-18H,1-2,11-12H2,3-8H3/t17-,18-,21+,22-/m0/s1. The van der Waals surface area contributed by atoms with Crippen LogP contribution in [0.2, 0.25) is 0 Å². The predicted molar refractivity (Wildman–Crippen MR) is 115 cm³/mol. The van der Waals surface area contributed by atoms with E-state index in [0.29, 0.717) is 6.42 Å². The van der Waals surface area contributed by atoms with Gasteiger partial charge < -0.3 is 28.4 Å². The van der Waals surface area contributed by atoms with Gasteiger partial charge in [-0.1, -0.05) is 17.7 Å². The summed E-state index contributed by atoms with van der Waals surface area (Å²) in [6.45, 7) is 7.77. The van der Waals surface area contributed by atoms with Gasteiger partial charge in [-0.2, -0.15) is 0 Å². The molecule has 176 valence electrons. The molecule has 0 saturated heterocycles. The van der Waals surface area contributed by atoms with Crippen molar-refractivity contribution < 1.29 is 38.0 Å². The van der Waals surface area contributed by atoms with Gasteiger partial charge in [-0.3, -0.25) is 9.59 Å². The third kappa shape index (κ3) is 2.55. The molecule has 0 radical (unpaired) electrons. The van der Waals surface area contributed by atoms with Crippen LogP contribution in [-0.2, 0) is 38.0 Å². The van der Waals surface area contributed by atoms with Gasteiger partial charge in [-0.15, -0.1) is 13.2 Å². The lowest BCUT2D eigenvalue weighted by Crippen LogP contribution is -2.81. The van der Waals surface area contributed by atoms with Crippen LogP contribution in [0.5, 0.6) is 0 Å². The Kier molecular flexibility index (Phi) is 6.40. The first kappa shape index (κ1) is 24.5. The molecule has 2 bridgehead atoms. The van der Waals surface area contributed by atoms with Crippen LogP contribution in [0, 0.1) is 17.3 Å². The second-order valence-corrected chi connectivity index (χ2v) is 8.16. The van der Waals surface area contributed by atoms with Gasteiger partial charge in [0.2, 0.25) is 17.4 Å². The van der Waals surface area contributed by atoms with Crippen molar-refractivity contribution in [3.63, 3.8) is 0 Å². The molecule has 0 heterocycles. The van der Waals surface area contributed by atoms with E-state index in [1.54, 1.807) is 24.3 Å². The minimum atomic E-state index is -1.80. The first-order chi connectivity index (χ1) is 15.3. The van der Waals surface area contributed by atoms with E-state index in [4.69, 9.17) is 28.4 Å². The summed E-state index contributed by atoms with van der Waals surface area (Å²) in [5.41, 5.74) is -1.95. The van der Waals surface area contributed by atoms with Crippen molar-refractivity contribution >= 4 is 11.6 Å². The van der Waals surface area contributed by atoms with Crippen molar-refractivity contribution in [3.8, 4) is 0 Å². The van der Waals surface area contributed by atoms with Crippen LogP contribution in [-0.4, -0.2) is 71.4 Å². The summed E-state index contributed by atoms with van der Waals surface area (Å²) < 4.78 is 34.8. The molecule has 0 amide bonds. The van der Waals surface area contributed by atoms with Gasteiger partial charge in [0.15, 0.2) is 11.4 Å². The van der Waals surface area contributed by atoms with Crippen molar-refractivity contribution in [2.45, 2.75) is 30.0 Å². The summed E-state index contributed by atoms with van der Waals surface area (Å²) >= 11 is 0. The quantitative estimate of drug-likeness (QED) is 0.372. The molecule has 0 aromatic carbocycles. The Balaban J connectivity index is 2.57. The molecule has 0 unspecified atom stereocenters. The molecule has 1 fully saturated rings. The molecular weight excluding hydrogens is 416 g/mol. The summed E-state index contributed by atoms with van der Waals surface area (Å²) in [7, 11) is 8.41. The number of hydrogen-bond acceptors (Lipinski definition) is 8. The van der Waals surface area contributed by atoms with Crippen molar-refractivity contribution in [1.82, 2.24) is 0 Å². The minimum absolute atomic E-state index is 0.0164. The van der Waals surface area contributed by atoms with Gasteiger partial charge >= 0.3 is 0 Å². The van der Waals surface area contributed by atoms with Crippen LogP contribution in [0.1, 0.15) is 12.8 Å². The number of carbonyl (C=O) groups is 2. The molecule has 4 aliphatic carbocycles. The van der Waals surface area contributed by atoms with E-state index in [-0.39, 0.29) is 12.2 Å². The van der Waals surface area contributed by atoms with Crippen molar-refractivity contribution in [2.75, 3.05) is 42.7 Å². The second kappa shape index (κ2) is 8.35. The zero-order chi connectivity index (χ0) is 23.9. The van der Waals surface area contributed by atoms with Crippen LogP contribution < -0.4 is 0 Å². The molecule has 1 saturated carbocycles. The fourth-order valence-electron chi connectivity index (χ4n) is 6.20. The van der Waals surface area contributed by atoms with Gasteiger partial charge in [-0.05, 0) is 25.0 Å². The number of ether oxygens (including phenoxy) is 6. The molecular formula is C24H32O8. The van der Waals surface area contributed by atoms with E-state index in [1.807, 2.05) is 0 Å². The largest absolute Gasteiger partial charge is 0.493 e. The molecule has 4 rings (SSSR count). The van der Waals surface area contributed by atoms with E-state index in [2.05, 4.69) is 13.2 Å². The topological polar surface area (TPSA) is 89.5 Å². The molecule has 8 nitrogen and oxygen atoms in total. The number of methoxy groups -OCH3 is 6. The summed E-state index contributed by atoms with van der Waals surface area (Å²) in [6, 6.07) is 0. The Hall–Kier alpha value is -2.10. The maximum Gasteiger partial charge on any atom is 0.256 e. The number of ketones is 2. The van der Waals surface area contributed by atoms with Crippen molar-refractivity contribution in [3.05, 3.63) is 48.8 Å². The fourth-order valence-corrected chi connectivity index (χ4v) is 6.20. The molecule has 4 aliphatic rings. The van der Waals surface area contributed by atoms with Gasteiger partial charge in [-0.25, -0.2) is 0 Å². The highest BCUT2D eigenvalue weighted by atomic mass is 16.7. The Morgan fingerprint density at radius 3 is 1.91 bits per heavy atom. The molecule has 8 heteroatoms. The van der Waals surface area contributed by atoms with Gasteiger partial charge in [0.25, 0.3) is 5.78 Å². The van der Waals surface area contributed by atoms with E-state index >= 15 is 0 Å². The van der Waals surface area contributed by atoms with E-state index in [0.717, 1.165) is 5.57 Å². The monoisotopic (exact) mass is 448 g/mol.